The number of hydrogen-bond donors (Lipinski definition) is 0. The number of hydrogen-bond acceptors (Lipinski definition) is 5. The van der Waals surface area contributed by atoms with Gasteiger partial charge >= 0.3 is 0 Å². The van der Waals surface area contributed by atoms with Gasteiger partial charge in [0, 0.05) is 37.6 Å². The number of aromatic nitrogens is 4. The number of pyridine rings is 2. The van der Waals surface area contributed by atoms with Crippen molar-refractivity contribution >= 4 is 39.9 Å². The molecule has 0 aliphatic carbocycles. The van der Waals surface area contributed by atoms with Crippen LogP contribution in [0.5, 0.6) is 0 Å². The van der Waals surface area contributed by atoms with Gasteiger partial charge in [0.05, 0.1) is 22.0 Å². The summed E-state index contributed by atoms with van der Waals surface area (Å²) in [6.45, 7) is 3.42. The Morgan fingerprint density at radius 3 is 2.78 bits per heavy atom. The van der Waals surface area contributed by atoms with Gasteiger partial charge in [0.15, 0.2) is 5.82 Å². The van der Waals surface area contributed by atoms with E-state index in [4.69, 9.17) is 11.6 Å². The molecular weight excluding hydrogens is 376 g/mol. The van der Waals surface area contributed by atoms with Crippen molar-refractivity contribution in [2.24, 2.45) is 0 Å². The zero-order valence-corrected chi connectivity index (χ0v) is 15.8. The average molecular weight is 394 g/mol. The van der Waals surface area contributed by atoms with Crippen molar-refractivity contribution in [3.63, 3.8) is 0 Å². The maximum Gasteiger partial charge on any atom is 0.265 e. The van der Waals surface area contributed by atoms with E-state index in [1.807, 2.05) is 6.92 Å². The standard InChI is InChI=1S/C18H18ClF2N5O/c1-10(6-11(2)27)26-15-4-5-22-8-13(15)18(24-26)25(3)16-7-12(17(20)21)14(19)9-23-16/h4-5,7-10,17H,6H2,1-3H3. The number of fused-ring (bicyclic) bond motifs is 1. The molecule has 0 aromatic carbocycles. The largest absolute Gasteiger partial charge is 0.312 e. The molecule has 0 bridgehead atoms. The van der Waals surface area contributed by atoms with Crippen LogP contribution < -0.4 is 4.90 Å². The first-order valence-electron chi connectivity index (χ1n) is 8.28. The summed E-state index contributed by atoms with van der Waals surface area (Å²) in [6.07, 6.45) is 2.11. The molecule has 1 unspecified atom stereocenters. The summed E-state index contributed by atoms with van der Waals surface area (Å²) in [7, 11) is 1.68. The number of carbonyl (C=O) groups is 1. The van der Waals surface area contributed by atoms with Gasteiger partial charge in [0.25, 0.3) is 6.43 Å². The fraction of sp³-hybridized carbons (Fsp3) is 0.333. The third-order valence-electron chi connectivity index (χ3n) is 4.26. The lowest BCUT2D eigenvalue weighted by molar-refractivity contribution is -0.117. The van der Waals surface area contributed by atoms with E-state index >= 15 is 0 Å². The number of carbonyl (C=O) groups excluding carboxylic acids is 1. The first-order valence-corrected chi connectivity index (χ1v) is 8.66. The zero-order valence-electron chi connectivity index (χ0n) is 15.0. The van der Waals surface area contributed by atoms with E-state index in [0.717, 1.165) is 10.9 Å². The van der Waals surface area contributed by atoms with E-state index < -0.39 is 6.43 Å². The molecule has 0 N–H and O–H groups in total. The minimum Gasteiger partial charge on any atom is -0.312 e. The quantitative estimate of drug-likeness (QED) is 0.606. The van der Waals surface area contributed by atoms with Gasteiger partial charge in [-0.1, -0.05) is 11.6 Å². The van der Waals surface area contributed by atoms with Crippen molar-refractivity contribution in [2.75, 3.05) is 11.9 Å². The molecule has 6 nitrogen and oxygen atoms in total. The second kappa shape index (κ2) is 7.56. The molecule has 3 aromatic rings. The second-order valence-electron chi connectivity index (χ2n) is 6.34. The Labute approximate surface area is 159 Å². The Kier molecular flexibility index (Phi) is 5.36. The van der Waals surface area contributed by atoms with Crippen LogP contribution in [0.25, 0.3) is 10.9 Å². The first kappa shape index (κ1) is 19.2. The van der Waals surface area contributed by atoms with Crippen molar-refractivity contribution in [1.82, 2.24) is 19.7 Å². The Bertz CT molecular complexity index is 991. The Morgan fingerprint density at radius 1 is 1.37 bits per heavy atom. The van der Waals surface area contributed by atoms with Gasteiger partial charge < -0.3 is 4.90 Å². The van der Waals surface area contributed by atoms with Gasteiger partial charge in [-0.2, -0.15) is 5.10 Å². The molecular formula is C18H18ClF2N5O. The highest BCUT2D eigenvalue weighted by Gasteiger charge is 2.21. The summed E-state index contributed by atoms with van der Waals surface area (Å²) in [5.74, 6) is 0.837. The number of ketones is 1. The summed E-state index contributed by atoms with van der Waals surface area (Å²) in [5, 5.41) is 5.24. The molecule has 0 saturated carbocycles. The fourth-order valence-electron chi connectivity index (χ4n) is 2.96. The SMILES string of the molecule is CC(=O)CC(C)n1nc(N(C)c2cc(C(F)F)c(Cl)cn2)c2cnccc21. The summed E-state index contributed by atoms with van der Waals surface area (Å²) >= 11 is 5.81. The molecule has 0 aliphatic heterocycles. The van der Waals surface area contributed by atoms with E-state index in [2.05, 4.69) is 15.1 Å². The molecule has 3 aromatic heterocycles. The monoisotopic (exact) mass is 393 g/mol. The van der Waals surface area contributed by atoms with Crippen LogP contribution in [0.2, 0.25) is 5.02 Å². The number of rotatable bonds is 6. The third-order valence-corrected chi connectivity index (χ3v) is 4.57. The Hall–Kier alpha value is -2.61. The number of halogens is 3. The minimum atomic E-state index is -2.71. The number of anilines is 2. The summed E-state index contributed by atoms with van der Waals surface area (Å²) < 4.78 is 28.1. The highest BCUT2D eigenvalue weighted by molar-refractivity contribution is 6.31. The average Bonchev–Trinajstić information content (AvgIpc) is 3.00. The van der Waals surface area contributed by atoms with E-state index in [9.17, 15) is 13.6 Å². The zero-order chi connectivity index (χ0) is 19.7. The molecule has 3 heterocycles. The van der Waals surface area contributed by atoms with Gasteiger partial charge in [0.2, 0.25) is 0 Å². The Balaban J connectivity index is 2.09. The molecule has 0 amide bonds. The van der Waals surface area contributed by atoms with Crippen molar-refractivity contribution in [3.8, 4) is 0 Å². The van der Waals surface area contributed by atoms with Crippen LogP contribution in [0.1, 0.15) is 38.3 Å². The topological polar surface area (TPSA) is 63.9 Å². The highest BCUT2D eigenvalue weighted by Crippen LogP contribution is 2.34. The predicted molar refractivity (Wildman–Crippen MR) is 99.8 cm³/mol. The molecule has 3 rings (SSSR count). The van der Waals surface area contributed by atoms with E-state index in [1.165, 1.54) is 19.2 Å². The Morgan fingerprint density at radius 2 is 2.11 bits per heavy atom. The maximum absolute atomic E-state index is 13.2. The fourth-order valence-corrected chi connectivity index (χ4v) is 3.14. The highest BCUT2D eigenvalue weighted by atomic mass is 35.5. The van der Waals surface area contributed by atoms with Crippen LogP contribution >= 0.6 is 11.6 Å². The van der Waals surface area contributed by atoms with Crippen LogP contribution in [0, 0.1) is 0 Å². The predicted octanol–water partition coefficient (Wildman–Crippen LogP) is 4.73. The van der Waals surface area contributed by atoms with Crippen LogP contribution in [-0.2, 0) is 4.79 Å². The summed E-state index contributed by atoms with van der Waals surface area (Å²) in [6, 6.07) is 2.88. The number of Topliss-reactive ketones (excluding diaryl/α,β-unsaturated/α-hetero) is 1. The summed E-state index contributed by atoms with van der Waals surface area (Å²) in [5.41, 5.74) is 0.504. The van der Waals surface area contributed by atoms with Crippen LogP contribution in [0.4, 0.5) is 20.4 Å². The molecule has 0 spiro atoms. The molecule has 0 aliphatic rings. The maximum atomic E-state index is 13.2. The number of nitrogens with zero attached hydrogens (tertiary/aromatic N) is 5. The van der Waals surface area contributed by atoms with E-state index in [1.54, 1.807) is 35.1 Å². The molecule has 0 saturated heterocycles. The molecule has 9 heteroatoms. The molecule has 0 radical (unpaired) electrons. The normalized spacial score (nSPS) is 12.6. The lowest BCUT2D eigenvalue weighted by Gasteiger charge is -2.17. The molecule has 27 heavy (non-hydrogen) atoms. The minimum absolute atomic E-state index is 0.0519. The van der Waals surface area contributed by atoms with Crippen LogP contribution in [0.15, 0.2) is 30.7 Å². The van der Waals surface area contributed by atoms with Crippen molar-refractivity contribution in [3.05, 3.63) is 41.3 Å². The lowest BCUT2D eigenvalue weighted by Crippen LogP contribution is -2.15. The van der Waals surface area contributed by atoms with Crippen molar-refractivity contribution < 1.29 is 13.6 Å². The third kappa shape index (κ3) is 3.75. The first-order chi connectivity index (χ1) is 12.8. The number of alkyl halides is 2. The van der Waals surface area contributed by atoms with Gasteiger partial charge in [0.1, 0.15) is 11.6 Å². The molecule has 0 fully saturated rings. The lowest BCUT2D eigenvalue weighted by atomic mass is 10.2. The van der Waals surface area contributed by atoms with Gasteiger partial charge in [-0.25, -0.2) is 13.8 Å². The van der Waals surface area contributed by atoms with Crippen molar-refractivity contribution in [2.45, 2.75) is 32.7 Å². The molecule has 1 atom stereocenters. The van der Waals surface area contributed by atoms with Crippen LogP contribution in [0.3, 0.4) is 0 Å². The second-order valence-corrected chi connectivity index (χ2v) is 6.75. The summed E-state index contributed by atoms with van der Waals surface area (Å²) in [4.78, 5) is 21.4. The van der Waals surface area contributed by atoms with E-state index in [0.29, 0.717) is 12.2 Å². The van der Waals surface area contributed by atoms with E-state index in [-0.39, 0.29) is 28.2 Å². The van der Waals surface area contributed by atoms with Gasteiger partial charge in [-0.3, -0.25) is 14.5 Å². The molecule has 142 valence electrons. The van der Waals surface area contributed by atoms with Gasteiger partial charge in [-0.15, -0.1) is 0 Å². The van der Waals surface area contributed by atoms with Crippen molar-refractivity contribution in [1.29, 1.82) is 0 Å². The van der Waals surface area contributed by atoms with Crippen LogP contribution in [-0.4, -0.2) is 32.6 Å². The smallest absolute Gasteiger partial charge is 0.265 e. The van der Waals surface area contributed by atoms with Gasteiger partial charge in [-0.05, 0) is 26.0 Å².